The first-order valence-electron chi connectivity index (χ1n) is 8.05. The lowest BCUT2D eigenvalue weighted by molar-refractivity contribution is 0.0577. The van der Waals surface area contributed by atoms with Gasteiger partial charge in [0.1, 0.15) is 5.60 Å². The molecule has 0 fully saturated rings. The van der Waals surface area contributed by atoms with Crippen LogP contribution in [0.1, 0.15) is 43.6 Å². The molecule has 25 heavy (non-hydrogen) atoms. The van der Waals surface area contributed by atoms with Gasteiger partial charge in [0, 0.05) is 24.0 Å². The van der Waals surface area contributed by atoms with Crippen molar-refractivity contribution in [2.45, 2.75) is 46.4 Å². The molecule has 134 valence electrons. The van der Waals surface area contributed by atoms with E-state index in [0.29, 0.717) is 5.69 Å². The number of carbonyl (C=O) groups is 2. The summed E-state index contributed by atoms with van der Waals surface area (Å²) >= 11 is 0. The van der Waals surface area contributed by atoms with Crippen LogP contribution in [0.4, 0.5) is 10.5 Å². The third-order valence-electron chi connectivity index (χ3n) is 3.39. The minimum Gasteiger partial charge on any atom is -0.478 e. The summed E-state index contributed by atoms with van der Waals surface area (Å²) in [7, 11) is 0. The lowest BCUT2D eigenvalue weighted by atomic mass is 10.2. The van der Waals surface area contributed by atoms with Crippen molar-refractivity contribution in [3.05, 3.63) is 47.8 Å². The highest BCUT2D eigenvalue weighted by molar-refractivity contribution is 5.91. The molecule has 0 atom stereocenters. The molecule has 0 saturated carbocycles. The number of amides is 1. The minimum atomic E-state index is -1.01. The van der Waals surface area contributed by atoms with Crippen LogP contribution in [0, 0.1) is 0 Å². The first kappa shape index (κ1) is 18.5. The number of hydrogen-bond donors (Lipinski definition) is 1. The Balaban J connectivity index is 2.30. The number of anilines is 1. The molecule has 0 bridgehead atoms. The third-order valence-corrected chi connectivity index (χ3v) is 3.39. The molecule has 1 amide bonds. The van der Waals surface area contributed by atoms with Crippen molar-refractivity contribution in [2.75, 3.05) is 4.90 Å². The fourth-order valence-corrected chi connectivity index (χ4v) is 2.21. The summed E-state index contributed by atoms with van der Waals surface area (Å²) in [6, 6.07) is 6.12. The molecule has 0 spiro atoms. The van der Waals surface area contributed by atoms with Gasteiger partial charge in [-0.05, 0) is 52.0 Å². The van der Waals surface area contributed by atoms with Crippen molar-refractivity contribution in [3.63, 3.8) is 0 Å². The molecular formula is C18H23N3O4. The third kappa shape index (κ3) is 5.07. The lowest BCUT2D eigenvalue weighted by Crippen LogP contribution is -2.36. The summed E-state index contributed by atoms with van der Waals surface area (Å²) in [6.45, 7) is 8.39. The van der Waals surface area contributed by atoms with Gasteiger partial charge < -0.3 is 9.84 Å². The number of carbonyl (C=O) groups excluding carboxylic acids is 1. The Morgan fingerprint density at radius 3 is 2.36 bits per heavy atom. The number of carboxylic acids is 1. The second kappa shape index (κ2) is 7.38. The van der Waals surface area contributed by atoms with Gasteiger partial charge in [-0.15, -0.1) is 0 Å². The van der Waals surface area contributed by atoms with Crippen molar-refractivity contribution in [1.82, 2.24) is 9.78 Å². The Morgan fingerprint density at radius 2 is 1.88 bits per heavy atom. The Kier molecular flexibility index (Phi) is 5.46. The average Bonchev–Trinajstić information content (AvgIpc) is 2.99. The van der Waals surface area contributed by atoms with Gasteiger partial charge in [-0.2, -0.15) is 5.10 Å². The molecule has 1 aromatic heterocycles. The van der Waals surface area contributed by atoms with Crippen molar-refractivity contribution >= 4 is 17.7 Å². The van der Waals surface area contributed by atoms with E-state index in [-0.39, 0.29) is 12.1 Å². The Labute approximate surface area is 146 Å². The van der Waals surface area contributed by atoms with E-state index in [1.54, 1.807) is 43.8 Å². The standard InChI is InChI=1S/C18H23N3O4/c1-5-20-11-13(10-19-20)12-21(17(24)25-18(2,3)4)15-8-6-14(7-9-15)16(22)23/h6-11H,5,12H2,1-4H3,(H,22,23). The number of rotatable bonds is 5. The van der Waals surface area contributed by atoms with Gasteiger partial charge in [0.2, 0.25) is 0 Å². The van der Waals surface area contributed by atoms with Gasteiger partial charge in [0.15, 0.2) is 0 Å². The van der Waals surface area contributed by atoms with Crippen molar-refractivity contribution in [2.24, 2.45) is 0 Å². The van der Waals surface area contributed by atoms with Crippen molar-refractivity contribution in [3.8, 4) is 0 Å². The fraction of sp³-hybridized carbons (Fsp3) is 0.389. The molecule has 7 nitrogen and oxygen atoms in total. The highest BCUT2D eigenvalue weighted by atomic mass is 16.6. The predicted octanol–water partition coefficient (Wildman–Crippen LogP) is 3.54. The van der Waals surface area contributed by atoms with E-state index in [2.05, 4.69) is 5.10 Å². The molecule has 1 aromatic carbocycles. The van der Waals surface area contributed by atoms with Crippen molar-refractivity contribution in [1.29, 1.82) is 0 Å². The average molecular weight is 345 g/mol. The van der Waals surface area contributed by atoms with E-state index in [0.717, 1.165) is 12.1 Å². The lowest BCUT2D eigenvalue weighted by Gasteiger charge is -2.27. The van der Waals surface area contributed by atoms with Gasteiger partial charge in [-0.25, -0.2) is 9.59 Å². The molecule has 0 aliphatic carbocycles. The van der Waals surface area contributed by atoms with E-state index >= 15 is 0 Å². The van der Waals surface area contributed by atoms with Gasteiger partial charge in [-0.3, -0.25) is 9.58 Å². The summed E-state index contributed by atoms with van der Waals surface area (Å²) in [5.74, 6) is -1.01. The SMILES string of the molecule is CCn1cc(CN(C(=O)OC(C)(C)C)c2ccc(C(=O)O)cc2)cn1. The number of hydrogen-bond acceptors (Lipinski definition) is 4. The summed E-state index contributed by atoms with van der Waals surface area (Å²) in [5, 5.41) is 13.2. The topological polar surface area (TPSA) is 84.7 Å². The fourth-order valence-electron chi connectivity index (χ4n) is 2.21. The normalized spacial score (nSPS) is 11.2. The van der Waals surface area contributed by atoms with Crippen LogP contribution in [0.3, 0.4) is 0 Å². The highest BCUT2D eigenvalue weighted by Gasteiger charge is 2.24. The summed E-state index contributed by atoms with van der Waals surface area (Å²) < 4.78 is 7.25. The van der Waals surface area contributed by atoms with Crippen LogP contribution in [-0.2, 0) is 17.8 Å². The molecule has 0 radical (unpaired) electrons. The minimum absolute atomic E-state index is 0.159. The highest BCUT2D eigenvalue weighted by Crippen LogP contribution is 2.21. The molecule has 0 unspecified atom stereocenters. The molecular weight excluding hydrogens is 322 g/mol. The van der Waals surface area contributed by atoms with Gasteiger partial charge in [-0.1, -0.05) is 0 Å². The van der Waals surface area contributed by atoms with Crippen molar-refractivity contribution < 1.29 is 19.4 Å². The monoisotopic (exact) mass is 345 g/mol. The number of aromatic nitrogens is 2. The van der Waals surface area contributed by atoms with Crippen LogP contribution in [0.2, 0.25) is 0 Å². The van der Waals surface area contributed by atoms with Gasteiger partial charge in [0.25, 0.3) is 0 Å². The van der Waals surface area contributed by atoms with E-state index in [9.17, 15) is 9.59 Å². The van der Waals surface area contributed by atoms with Crippen LogP contribution in [-0.4, -0.2) is 32.6 Å². The number of nitrogens with zero attached hydrogens (tertiary/aromatic N) is 3. The Hall–Kier alpha value is -2.83. The van der Waals surface area contributed by atoms with E-state index < -0.39 is 17.7 Å². The molecule has 0 aliphatic heterocycles. The van der Waals surface area contributed by atoms with E-state index in [1.165, 1.54) is 17.0 Å². The van der Waals surface area contributed by atoms with E-state index in [1.807, 2.05) is 13.1 Å². The van der Waals surface area contributed by atoms with Crippen LogP contribution in [0.5, 0.6) is 0 Å². The summed E-state index contributed by atoms with van der Waals surface area (Å²) in [5.41, 5.74) is 0.939. The zero-order valence-corrected chi connectivity index (χ0v) is 14.9. The smallest absolute Gasteiger partial charge is 0.415 e. The molecule has 2 rings (SSSR count). The number of carboxylic acid groups (broad SMARTS) is 1. The number of aromatic carboxylic acids is 1. The number of aryl methyl sites for hydroxylation is 1. The maximum Gasteiger partial charge on any atom is 0.415 e. The first-order chi connectivity index (χ1) is 11.7. The zero-order chi connectivity index (χ0) is 18.6. The molecule has 1 heterocycles. The molecule has 2 aromatic rings. The maximum atomic E-state index is 12.6. The zero-order valence-electron chi connectivity index (χ0n) is 14.9. The van der Waals surface area contributed by atoms with E-state index in [4.69, 9.17) is 9.84 Å². The first-order valence-corrected chi connectivity index (χ1v) is 8.05. The van der Waals surface area contributed by atoms with Crippen LogP contribution < -0.4 is 4.90 Å². The Morgan fingerprint density at radius 1 is 1.24 bits per heavy atom. The van der Waals surface area contributed by atoms with Gasteiger partial charge >= 0.3 is 12.1 Å². The molecule has 7 heteroatoms. The summed E-state index contributed by atoms with van der Waals surface area (Å²) in [6.07, 6.45) is 3.06. The Bertz CT molecular complexity index is 744. The summed E-state index contributed by atoms with van der Waals surface area (Å²) in [4.78, 5) is 25.1. The number of ether oxygens (including phenoxy) is 1. The van der Waals surface area contributed by atoms with Crippen LogP contribution >= 0.6 is 0 Å². The van der Waals surface area contributed by atoms with Crippen LogP contribution in [0.15, 0.2) is 36.7 Å². The predicted molar refractivity (Wildman–Crippen MR) is 93.7 cm³/mol. The second-order valence-corrected chi connectivity index (χ2v) is 6.62. The molecule has 0 aliphatic rings. The quantitative estimate of drug-likeness (QED) is 0.896. The van der Waals surface area contributed by atoms with Crippen LogP contribution in [0.25, 0.3) is 0 Å². The molecule has 1 N–H and O–H groups in total. The largest absolute Gasteiger partial charge is 0.478 e. The second-order valence-electron chi connectivity index (χ2n) is 6.62. The van der Waals surface area contributed by atoms with Gasteiger partial charge in [0.05, 0.1) is 18.3 Å². The molecule has 0 saturated heterocycles. The maximum absolute atomic E-state index is 12.6. The number of benzene rings is 1.